The third-order valence-electron chi connectivity index (χ3n) is 7.69. The molecule has 0 fully saturated rings. The lowest BCUT2D eigenvalue weighted by molar-refractivity contribution is 0.794. The van der Waals surface area contributed by atoms with Crippen molar-refractivity contribution in [3.8, 4) is 22.3 Å². The number of hydrogen-bond donors (Lipinski definition) is 0. The van der Waals surface area contributed by atoms with E-state index in [0.717, 1.165) is 12.1 Å². The van der Waals surface area contributed by atoms with Crippen molar-refractivity contribution >= 4 is 17.0 Å². The molecule has 0 amide bonds. The summed E-state index contributed by atoms with van der Waals surface area (Å²) in [7, 11) is 0. The number of fused-ring (bicyclic) bond motifs is 14. The summed E-state index contributed by atoms with van der Waals surface area (Å²) in [6, 6.07) is 31.6. The van der Waals surface area contributed by atoms with Crippen LogP contribution in [0.1, 0.15) is 34.2 Å². The van der Waals surface area contributed by atoms with Gasteiger partial charge in [-0.3, -0.25) is 4.99 Å². The zero-order valence-corrected chi connectivity index (χ0v) is 17.5. The first-order chi connectivity index (χ1) is 15.9. The molecular formula is C31H19N. The molecule has 1 spiro atoms. The van der Waals surface area contributed by atoms with Gasteiger partial charge in [0, 0.05) is 23.1 Å². The standard InChI is InChI=1S/C31H19N/c1-5-13-24-19(9-1)20-10-2-6-14-25(20)31(24)26-15-7-3-12-23(26)29-27(31)18-17-22-21-11-4-8-16-28(21)32-30(22)29/h1-15,17-18H,16H2. The van der Waals surface area contributed by atoms with Crippen LogP contribution in [0.2, 0.25) is 0 Å². The van der Waals surface area contributed by atoms with Gasteiger partial charge in [-0.2, -0.15) is 0 Å². The van der Waals surface area contributed by atoms with Gasteiger partial charge in [0.05, 0.1) is 16.8 Å². The van der Waals surface area contributed by atoms with Crippen molar-refractivity contribution in [3.63, 3.8) is 0 Å². The Hall–Kier alpha value is -3.97. The molecule has 3 aliphatic carbocycles. The van der Waals surface area contributed by atoms with Gasteiger partial charge in [-0.15, -0.1) is 0 Å². The zero-order valence-electron chi connectivity index (χ0n) is 17.5. The first kappa shape index (κ1) is 16.7. The molecule has 0 atom stereocenters. The minimum absolute atomic E-state index is 0.283. The van der Waals surface area contributed by atoms with Crippen LogP contribution in [0.3, 0.4) is 0 Å². The summed E-state index contributed by atoms with van der Waals surface area (Å²) < 4.78 is 0. The molecule has 4 aliphatic rings. The lowest BCUT2D eigenvalue weighted by Gasteiger charge is -2.30. The highest BCUT2D eigenvalue weighted by atomic mass is 14.8. The molecule has 0 saturated carbocycles. The third-order valence-corrected chi connectivity index (χ3v) is 7.69. The third kappa shape index (κ3) is 1.73. The van der Waals surface area contributed by atoms with Crippen LogP contribution in [-0.4, -0.2) is 5.71 Å². The Morgan fingerprint density at radius 3 is 1.94 bits per heavy atom. The molecule has 0 aromatic heterocycles. The van der Waals surface area contributed by atoms with E-state index in [2.05, 4.69) is 103 Å². The van der Waals surface area contributed by atoms with E-state index in [9.17, 15) is 0 Å². The van der Waals surface area contributed by atoms with Crippen LogP contribution in [-0.2, 0) is 5.41 Å². The van der Waals surface area contributed by atoms with Gasteiger partial charge in [0.1, 0.15) is 0 Å². The summed E-state index contributed by atoms with van der Waals surface area (Å²) in [6.45, 7) is 0. The average molecular weight is 406 g/mol. The van der Waals surface area contributed by atoms with E-state index in [4.69, 9.17) is 4.99 Å². The normalized spacial score (nSPS) is 17.1. The molecule has 0 bridgehead atoms. The minimum Gasteiger partial charge on any atom is -0.251 e. The summed E-state index contributed by atoms with van der Waals surface area (Å²) in [4.78, 5) is 5.21. The summed E-state index contributed by atoms with van der Waals surface area (Å²) in [5.74, 6) is 0. The quantitative estimate of drug-likeness (QED) is 0.249. The number of allylic oxidation sites excluding steroid dienone is 4. The highest BCUT2D eigenvalue weighted by Crippen LogP contribution is 2.65. The van der Waals surface area contributed by atoms with Gasteiger partial charge in [-0.1, -0.05) is 103 Å². The van der Waals surface area contributed by atoms with Gasteiger partial charge in [-0.25, -0.2) is 0 Å². The maximum Gasteiger partial charge on any atom is 0.0794 e. The second-order valence-corrected chi connectivity index (χ2v) is 9.04. The van der Waals surface area contributed by atoms with Crippen molar-refractivity contribution in [2.75, 3.05) is 0 Å². The molecule has 32 heavy (non-hydrogen) atoms. The first-order valence-corrected chi connectivity index (χ1v) is 11.3. The van der Waals surface area contributed by atoms with Crippen molar-refractivity contribution in [1.29, 1.82) is 0 Å². The molecular weight excluding hydrogens is 386 g/mol. The predicted molar refractivity (Wildman–Crippen MR) is 132 cm³/mol. The number of nitrogens with zero attached hydrogens (tertiary/aromatic N) is 1. The maximum absolute atomic E-state index is 5.21. The summed E-state index contributed by atoms with van der Waals surface area (Å²) in [5, 5.41) is 0. The minimum atomic E-state index is -0.283. The van der Waals surface area contributed by atoms with Crippen LogP contribution in [0.4, 0.5) is 5.69 Å². The van der Waals surface area contributed by atoms with Crippen LogP contribution < -0.4 is 0 Å². The topological polar surface area (TPSA) is 12.4 Å². The highest BCUT2D eigenvalue weighted by Gasteiger charge is 2.52. The SMILES string of the molecule is C1=CCC2=Nc3c(ccc4c3-c3ccccc3C43c4ccccc4-c4ccccc43)C2=C1. The molecule has 8 rings (SSSR count). The molecule has 0 unspecified atom stereocenters. The Labute approximate surface area is 187 Å². The van der Waals surface area contributed by atoms with Gasteiger partial charge >= 0.3 is 0 Å². The molecule has 1 heteroatoms. The van der Waals surface area contributed by atoms with E-state index in [1.807, 2.05) is 0 Å². The first-order valence-electron chi connectivity index (χ1n) is 11.3. The van der Waals surface area contributed by atoms with Crippen LogP contribution in [0.5, 0.6) is 0 Å². The summed E-state index contributed by atoms with van der Waals surface area (Å²) in [6.07, 6.45) is 7.49. The van der Waals surface area contributed by atoms with E-state index >= 15 is 0 Å². The van der Waals surface area contributed by atoms with Crippen molar-refractivity contribution in [1.82, 2.24) is 0 Å². The second kappa shape index (κ2) is 5.63. The number of hydrogen-bond acceptors (Lipinski definition) is 1. The number of rotatable bonds is 0. The van der Waals surface area contributed by atoms with Crippen molar-refractivity contribution < 1.29 is 0 Å². The Kier molecular flexibility index (Phi) is 2.94. The van der Waals surface area contributed by atoms with Gasteiger partial charge in [0.15, 0.2) is 0 Å². The van der Waals surface area contributed by atoms with E-state index in [1.165, 1.54) is 61.4 Å². The predicted octanol–water partition coefficient (Wildman–Crippen LogP) is 7.46. The van der Waals surface area contributed by atoms with E-state index in [-0.39, 0.29) is 5.41 Å². The highest BCUT2D eigenvalue weighted by molar-refractivity contribution is 6.31. The molecule has 1 heterocycles. The molecule has 0 N–H and O–H groups in total. The van der Waals surface area contributed by atoms with Crippen molar-refractivity contribution in [2.45, 2.75) is 11.8 Å². The molecule has 0 saturated heterocycles. The van der Waals surface area contributed by atoms with Gasteiger partial charge in [-0.05, 0) is 38.9 Å². The van der Waals surface area contributed by atoms with E-state index in [0.29, 0.717) is 0 Å². The Morgan fingerprint density at radius 2 is 1.22 bits per heavy atom. The van der Waals surface area contributed by atoms with Gasteiger partial charge in [0.25, 0.3) is 0 Å². The molecule has 4 aromatic carbocycles. The zero-order chi connectivity index (χ0) is 20.9. The fourth-order valence-corrected chi connectivity index (χ4v) is 6.53. The molecule has 0 radical (unpaired) electrons. The van der Waals surface area contributed by atoms with Gasteiger partial charge < -0.3 is 0 Å². The number of aliphatic imine (C=N–C) groups is 1. The van der Waals surface area contributed by atoms with Gasteiger partial charge in [0.2, 0.25) is 0 Å². The monoisotopic (exact) mass is 405 g/mol. The molecule has 1 nitrogen and oxygen atoms in total. The smallest absolute Gasteiger partial charge is 0.0794 e. The largest absolute Gasteiger partial charge is 0.251 e. The Morgan fingerprint density at radius 1 is 0.594 bits per heavy atom. The summed E-state index contributed by atoms with van der Waals surface area (Å²) >= 11 is 0. The number of benzene rings is 4. The maximum atomic E-state index is 5.21. The summed E-state index contributed by atoms with van der Waals surface area (Å²) in [5.41, 5.74) is 15.5. The van der Waals surface area contributed by atoms with Crippen LogP contribution >= 0.6 is 0 Å². The van der Waals surface area contributed by atoms with Crippen LogP contribution in [0.25, 0.3) is 27.8 Å². The van der Waals surface area contributed by atoms with Crippen molar-refractivity contribution in [3.05, 3.63) is 131 Å². The lowest BCUT2D eigenvalue weighted by Crippen LogP contribution is -2.25. The van der Waals surface area contributed by atoms with Crippen LogP contribution in [0.15, 0.2) is 108 Å². The molecule has 4 aromatic rings. The second-order valence-electron chi connectivity index (χ2n) is 9.04. The molecule has 148 valence electrons. The Balaban J connectivity index is 1.56. The average Bonchev–Trinajstić information content (AvgIpc) is 3.48. The van der Waals surface area contributed by atoms with E-state index in [1.54, 1.807) is 0 Å². The van der Waals surface area contributed by atoms with E-state index < -0.39 is 0 Å². The Bertz CT molecular complexity index is 1550. The van der Waals surface area contributed by atoms with Crippen LogP contribution in [0, 0.1) is 0 Å². The lowest BCUT2D eigenvalue weighted by atomic mass is 9.70. The molecule has 1 aliphatic heterocycles. The fraction of sp³-hybridized carbons (Fsp3) is 0.0645. The van der Waals surface area contributed by atoms with Crippen molar-refractivity contribution in [2.24, 2.45) is 4.99 Å². The fourth-order valence-electron chi connectivity index (χ4n) is 6.53.